The zero-order valence-corrected chi connectivity index (χ0v) is 15.2. The second-order valence-corrected chi connectivity index (χ2v) is 8.05. The summed E-state index contributed by atoms with van der Waals surface area (Å²) in [6, 6.07) is 16.2. The Morgan fingerprint density at radius 3 is 2.56 bits per heavy atom. The quantitative estimate of drug-likeness (QED) is 0.749. The van der Waals surface area contributed by atoms with E-state index >= 15 is 0 Å². The van der Waals surface area contributed by atoms with Crippen molar-refractivity contribution in [3.05, 3.63) is 58.6 Å². The lowest BCUT2D eigenvalue weighted by Gasteiger charge is -2.42. The molecule has 5 rings (SSSR count). The maximum Gasteiger partial charge on any atom is 0.132 e. The molecule has 0 saturated carbocycles. The molecule has 0 spiro atoms. The van der Waals surface area contributed by atoms with E-state index in [0.29, 0.717) is 18.1 Å². The van der Waals surface area contributed by atoms with Crippen LogP contribution in [0.4, 0.5) is 0 Å². The fourth-order valence-electron chi connectivity index (χ4n) is 4.81. The van der Waals surface area contributed by atoms with Crippen LogP contribution in [0.2, 0.25) is 5.02 Å². The Bertz CT molecular complexity index is 794. The van der Waals surface area contributed by atoms with Crippen LogP contribution in [0.25, 0.3) is 0 Å². The monoisotopic (exact) mass is 354 g/mol. The number of halogens is 1. The summed E-state index contributed by atoms with van der Waals surface area (Å²) in [6.07, 6.45) is 3.62. The lowest BCUT2D eigenvalue weighted by Crippen LogP contribution is -2.53. The first-order valence-corrected chi connectivity index (χ1v) is 9.58. The van der Waals surface area contributed by atoms with Crippen LogP contribution in [0, 0.1) is 0 Å². The van der Waals surface area contributed by atoms with Gasteiger partial charge in [-0.3, -0.25) is 9.80 Å². The van der Waals surface area contributed by atoms with Gasteiger partial charge in [-0.1, -0.05) is 29.8 Å². The van der Waals surface area contributed by atoms with E-state index in [0.717, 1.165) is 36.0 Å². The molecule has 2 fully saturated rings. The molecule has 0 aliphatic carbocycles. The number of ether oxygens (including phenoxy) is 1. The first-order valence-electron chi connectivity index (χ1n) is 9.20. The maximum absolute atomic E-state index is 6.36. The lowest BCUT2D eigenvalue weighted by molar-refractivity contribution is 0.0573. The van der Waals surface area contributed by atoms with Gasteiger partial charge in [-0.05, 0) is 56.1 Å². The largest absolute Gasteiger partial charge is 0.457 e. The number of hydrogen-bond acceptors (Lipinski definition) is 3. The summed E-state index contributed by atoms with van der Waals surface area (Å²) in [5, 5.41) is 0.787. The molecule has 2 saturated heterocycles. The first-order chi connectivity index (χ1) is 12.2. The van der Waals surface area contributed by atoms with Crippen molar-refractivity contribution in [3.63, 3.8) is 0 Å². The maximum atomic E-state index is 6.36. The van der Waals surface area contributed by atoms with Crippen LogP contribution < -0.4 is 4.74 Å². The molecular weight excluding hydrogens is 332 g/mol. The van der Waals surface area contributed by atoms with Crippen molar-refractivity contribution >= 4 is 11.6 Å². The minimum absolute atomic E-state index is 0.328. The SMILES string of the molecule is CN1C2CCC1CN(C1Cc3ccccc3Oc3ccc(Cl)cc31)C2. The molecule has 0 radical (unpaired) electrons. The fraction of sp³-hybridized carbons (Fsp3) is 0.429. The van der Waals surface area contributed by atoms with Crippen LogP contribution in [-0.4, -0.2) is 42.0 Å². The Labute approximate surface area is 154 Å². The van der Waals surface area contributed by atoms with E-state index in [1.165, 1.54) is 24.0 Å². The van der Waals surface area contributed by atoms with Crippen LogP contribution in [0.1, 0.15) is 30.0 Å². The fourth-order valence-corrected chi connectivity index (χ4v) is 4.99. The zero-order valence-electron chi connectivity index (χ0n) is 14.5. The summed E-state index contributed by atoms with van der Waals surface area (Å²) in [6.45, 7) is 2.26. The molecule has 25 heavy (non-hydrogen) atoms. The average Bonchev–Trinajstić information content (AvgIpc) is 2.81. The molecule has 3 atom stereocenters. The Kier molecular flexibility index (Phi) is 3.77. The second kappa shape index (κ2) is 6.01. The van der Waals surface area contributed by atoms with E-state index in [9.17, 15) is 0 Å². The molecule has 0 aromatic heterocycles. The minimum atomic E-state index is 0.328. The van der Waals surface area contributed by atoms with Crippen LogP contribution in [0.3, 0.4) is 0 Å². The molecule has 4 heteroatoms. The Morgan fingerprint density at radius 2 is 1.76 bits per heavy atom. The molecular formula is C21H23ClN2O. The molecule has 0 N–H and O–H groups in total. The average molecular weight is 355 g/mol. The number of rotatable bonds is 1. The second-order valence-electron chi connectivity index (χ2n) is 7.62. The van der Waals surface area contributed by atoms with Crippen LogP contribution >= 0.6 is 11.6 Å². The highest BCUT2D eigenvalue weighted by Crippen LogP contribution is 2.43. The number of likely N-dealkylation sites (N-methyl/N-ethyl adjacent to an activating group) is 1. The summed E-state index contributed by atoms with van der Waals surface area (Å²) in [7, 11) is 2.29. The van der Waals surface area contributed by atoms with Gasteiger partial charge in [0.2, 0.25) is 0 Å². The molecule has 130 valence electrons. The van der Waals surface area contributed by atoms with E-state index in [2.05, 4.69) is 41.1 Å². The van der Waals surface area contributed by atoms with Crippen molar-refractivity contribution in [1.82, 2.24) is 9.80 Å². The summed E-state index contributed by atoms with van der Waals surface area (Å²) in [5.41, 5.74) is 2.51. The van der Waals surface area contributed by atoms with E-state index in [4.69, 9.17) is 16.3 Å². The van der Waals surface area contributed by atoms with Crippen molar-refractivity contribution in [2.75, 3.05) is 20.1 Å². The highest BCUT2D eigenvalue weighted by Gasteiger charge is 2.41. The van der Waals surface area contributed by atoms with Crippen LogP contribution in [-0.2, 0) is 6.42 Å². The Morgan fingerprint density at radius 1 is 1.00 bits per heavy atom. The molecule has 3 unspecified atom stereocenters. The Hall–Kier alpha value is -1.55. The van der Waals surface area contributed by atoms with Gasteiger partial charge in [-0.2, -0.15) is 0 Å². The zero-order chi connectivity index (χ0) is 17.0. The predicted molar refractivity (Wildman–Crippen MR) is 101 cm³/mol. The number of likely N-dealkylation sites (tertiary alicyclic amines) is 1. The summed E-state index contributed by atoms with van der Waals surface area (Å²) in [5.74, 6) is 1.93. The number of benzene rings is 2. The van der Waals surface area contributed by atoms with Crippen molar-refractivity contribution in [2.45, 2.75) is 37.4 Å². The topological polar surface area (TPSA) is 15.7 Å². The molecule has 3 aliphatic rings. The van der Waals surface area contributed by atoms with Gasteiger partial charge in [0.05, 0.1) is 0 Å². The normalized spacial score (nSPS) is 28.8. The molecule has 2 aromatic carbocycles. The number of para-hydroxylation sites is 1. The van der Waals surface area contributed by atoms with Gasteiger partial charge in [0.1, 0.15) is 11.5 Å². The van der Waals surface area contributed by atoms with Crippen molar-refractivity contribution in [2.24, 2.45) is 0 Å². The number of nitrogens with zero attached hydrogens (tertiary/aromatic N) is 2. The van der Waals surface area contributed by atoms with Gasteiger partial charge in [-0.15, -0.1) is 0 Å². The molecule has 3 nitrogen and oxygen atoms in total. The van der Waals surface area contributed by atoms with Crippen LogP contribution in [0.5, 0.6) is 11.5 Å². The predicted octanol–water partition coefficient (Wildman–Crippen LogP) is 4.51. The molecule has 2 bridgehead atoms. The molecule has 0 amide bonds. The standard InChI is InChI=1S/C21H23ClN2O/c1-23-16-7-8-17(23)13-24(12-16)19-10-14-4-2-3-5-20(14)25-21-9-6-15(22)11-18(19)21/h2-6,9,11,16-17,19H,7-8,10,12-13H2,1H3. The van der Waals surface area contributed by atoms with E-state index < -0.39 is 0 Å². The highest BCUT2D eigenvalue weighted by molar-refractivity contribution is 6.30. The van der Waals surface area contributed by atoms with Gasteiger partial charge in [0.15, 0.2) is 0 Å². The summed E-state index contributed by atoms with van der Waals surface area (Å²) in [4.78, 5) is 5.25. The molecule has 3 aliphatic heterocycles. The summed E-state index contributed by atoms with van der Waals surface area (Å²) >= 11 is 6.36. The number of piperazine rings is 1. The minimum Gasteiger partial charge on any atom is -0.457 e. The van der Waals surface area contributed by atoms with E-state index in [1.807, 2.05) is 18.2 Å². The molecule has 3 heterocycles. The number of hydrogen-bond donors (Lipinski definition) is 0. The number of fused-ring (bicyclic) bond motifs is 4. The third kappa shape index (κ3) is 2.66. The lowest BCUT2D eigenvalue weighted by atomic mass is 9.96. The van der Waals surface area contributed by atoms with Crippen LogP contribution in [0.15, 0.2) is 42.5 Å². The van der Waals surface area contributed by atoms with Gasteiger partial charge in [-0.25, -0.2) is 0 Å². The highest BCUT2D eigenvalue weighted by atomic mass is 35.5. The summed E-state index contributed by atoms with van der Waals surface area (Å²) < 4.78 is 6.27. The van der Waals surface area contributed by atoms with E-state index in [1.54, 1.807) is 0 Å². The van der Waals surface area contributed by atoms with Gasteiger partial charge >= 0.3 is 0 Å². The van der Waals surface area contributed by atoms with Crippen molar-refractivity contribution in [1.29, 1.82) is 0 Å². The third-order valence-electron chi connectivity index (χ3n) is 6.25. The van der Waals surface area contributed by atoms with E-state index in [-0.39, 0.29) is 0 Å². The third-order valence-corrected chi connectivity index (χ3v) is 6.49. The molecule has 2 aromatic rings. The smallest absolute Gasteiger partial charge is 0.132 e. The first kappa shape index (κ1) is 15.7. The van der Waals surface area contributed by atoms with Crippen molar-refractivity contribution < 1.29 is 4.74 Å². The Balaban J connectivity index is 1.57. The van der Waals surface area contributed by atoms with Gasteiger partial charge in [0.25, 0.3) is 0 Å². The van der Waals surface area contributed by atoms with Gasteiger partial charge in [0, 0.05) is 41.8 Å². The van der Waals surface area contributed by atoms with Gasteiger partial charge < -0.3 is 4.74 Å². The van der Waals surface area contributed by atoms with Crippen molar-refractivity contribution in [3.8, 4) is 11.5 Å².